The van der Waals surface area contributed by atoms with Crippen LogP contribution in [0.5, 0.6) is 0 Å². The zero-order chi connectivity index (χ0) is 8.97. The Bertz CT molecular complexity index is 204. The summed E-state index contributed by atoms with van der Waals surface area (Å²) in [5.41, 5.74) is 0. The lowest BCUT2D eigenvalue weighted by Crippen LogP contribution is -2.34. The summed E-state index contributed by atoms with van der Waals surface area (Å²) in [4.78, 5) is 0. The summed E-state index contributed by atoms with van der Waals surface area (Å²) in [5.74, 6) is 2.34. The molecule has 0 saturated heterocycles. The van der Waals surface area contributed by atoms with E-state index in [2.05, 4.69) is 5.92 Å². The summed E-state index contributed by atoms with van der Waals surface area (Å²) in [7, 11) is 0. The number of hydrogen-bond donors (Lipinski definition) is 1. The molecule has 0 aromatic rings. The molecule has 3 atom stereocenters. The minimum absolute atomic E-state index is 0.220. The fourth-order valence-electron chi connectivity index (χ4n) is 0.924. The van der Waals surface area contributed by atoms with E-state index in [9.17, 15) is 5.11 Å². The molecule has 0 bridgehead atoms. The van der Waals surface area contributed by atoms with Crippen LogP contribution in [0.2, 0.25) is 0 Å². The van der Waals surface area contributed by atoms with Gasteiger partial charge in [-0.15, -0.1) is 6.42 Å². The van der Waals surface area contributed by atoms with Crippen LogP contribution in [-0.2, 0) is 9.47 Å². The van der Waals surface area contributed by atoms with Crippen LogP contribution >= 0.6 is 0 Å². The van der Waals surface area contributed by atoms with Gasteiger partial charge >= 0.3 is 0 Å². The van der Waals surface area contributed by atoms with Crippen LogP contribution in [0, 0.1) is 12.3 Å². The van der Waals surface area contributed by atoms with E-state index in [0.717, 1.165) is 0 Å². The summed E-state index contributed by atoms with van der Waals surface area (Å²) in [6, 6.07) is 0. The van der Waals surface area contributed by atoms with Gasteiger partial charge in [0.1, 0.15) is 6.61 Å². The number of hydrogen-bond acceptors (Lipinski definition) is 3. The van der Waals surface area contributed by atoms with Crippen molar-refractivity contribution >= 4 is 0 Å². The maximum Gasteiger partial charge on any atom is 0.178 e. The summed E-state index contributed by atoms with van der Waals surface area (Å²) < 4.78 is 10.3. The molecule has 1 aliphatic heterocycles. The molecular weight excluding hydrogens is 156 g/mol. The van der Waals surface area contributed by atoms with E-state index >= 15 is 0 Å². The number of aliphatic hydroxyl groups excluding tert-OH is 1. The van der Waals surface area contributed by atoms with Crippen LogP contribution in [0.3, 0.4) is 0 Å². The second-order valence-electron chi connectivity index (χ2n) is 2.60. The van der Waals surface area contributed by atoms with Crippen molar-refractivity contribution < 1.29 is 14.6 Å². The average Bonchev–Trinajstić information content (AvgIpc) is 2.07. The summed E-state index contributed by atoms with van der Waals surface area (Å²) >= 11 is 0. The Labute approximate surface area is 72.0 Å². The van der Waals surface area contributed by atoms with E-state index in [-0.39, 0.29) is 12.7 Å². The lowest BCUT2D eigenvalue weighted by molar-refractivity contribution is -0.158. The molecular formula is C9H12O3. The molecule has 3 nitrogen and oxygen atoms in total. The topological polar surface area (TPSA) is 38.7 Å². The standard InChI is InChI=1S/C9H12O3/c1-3-6-11-9-5-4-8(10)7(2)12-9/h1,4-5,7-10H,6H2,2H3/t7-,8+,9+/m0/s1. The predicted octanol–water partition coefficient (Wildman–Crippen LogP) is 0.298. The summed E-state index contributed by atoms with van der Waals surface area (Å²) in [5, 5.41) is 9.21. The van der Waals surface area contributed by atoms with Crippen molar-refractivity contribution in [1.29, 1.82) is 0 Å². The van der Waals surface area contributed by atoms with Gasteiger partial charge in [-0.3, -0.25) is 0 Å². The highest BCUT2D eigenvalue weighted by atomic mass is 16.7. The third-order valence-corrected chi connectivity index (χ3v) is 1.63. The van der Waals surface area contributed by atoms with E-state index < -0.39 is 12.4 Å². The summed E-state index contributed by atoms with van der Waals surface area (Å²) in [6.07, 6.45) is 7.11. The van der Waals surface area contributed by atoms with Gasteiger partial charge in [-0.05, 0) is 13.0 Å². The van der Waals surface area contributed by atoms with E-state index in [1.165, 1.54) is 0 Å². The maximum atomic E-state index is 9.21. The first-order chi connectivity index (χ1) is 5.74. The van der Waals surface area contributed by atoms with Crippen LogP contribution in [-0.4, -0.2) is 30.2 Å². The highest BCUT2D eigenvalue weighted by molar-refractivity contribution is 4.99. The van der Waals surface area contributed by atoms with Gasteiger partial charge in [-0.2, -0.15) is 0 Å². The second kappa shape index (κ2) is 4.27. The fourth-order valence-corrected chi connectivity index (χ4v) is 0.924. The molecule has 3 heteroatoms. The van der Waals surface area contributed by atoms with Gasteiger partial charge in [-0.25, -0.2) is 0 Å². The molecule has 12 heavy (non-hydrogen) atoms. The van der Waals surface area contributed by atoms with Gasteiger partial charge in [0.15, 0.2) is 6.29 Å². The molecule has 1 heterocycles. The van der Waals surface area contributed by atoms with Crippen molar-refractivity contribution in [1.82, 2.24) is 0 Å². The van der Waals surface area contributed by atoms with E-state index in [1.54, 1.807) is 19.1 Å². The largest absolute Gasteiger partial charge is 0.386 e. The van der Waals surface area contributed by atoms with Gasteiger partial charge in [0.2, 0.25) is 0 Å². The fraction of sp³-hybridized carbons (Fsp3) is 0.556. The molecule has 0 aromatic heterocycles. The zero-order valence-corrected chi connectivity index (χ0v) is 6.93. The van der Waals surface area contributed by atoms with E-state index in [0.29, 0.717) is 0 Å². The lowest BCUT2D eigenvalue weighted by Gasteiger charge is -2.26. The van der Waals surface area contributed by atoms with Crippen molar-refractivity contribution in [3.05, 3.63) is 12.2 Å². The van der Waals surface area contributed by atoms with Crippen molar-refractivity contribution in [3.63, 3.8) is 0 Å². The molecule has 0 amide bonds. The van der Waals surface area contributed by atoms with Gasteiger partial charge in [0.25, 0.3) is 0 Å². The smallest absolute Gasteiger partial charge is 0.178 e. The van der Waals surface area contributed by atoms with Crippen LogP contribution in [0.25, 0.3) is 0 Å². The maximum absolute atomic E-state index is 9.21. The SMILES string of the molecule is C#CCO[C@H]1C=C[C@@H](O)[C@H](C)O1. The Morgan fingerprint density at radius 3 is 3.00 bits per heavy atom. The first kappa shape index (κ1) is 9.27. The van der Waals surface area contributed by atoms with Gasteiger partial charge in [-0.1, -0.05) is 12.0 Å². The van der Waals surface area contributed by atoms with E-state index in [4.69, 9.17) is 15.9 Å². The third kappa shape index (κ3) is 2.35. The van der Waals surface area contributed by atoms with Crippen LogP contribution < -0.4 is 0 Å². The Hall–Kier alpha value is -0.820. The molecule has 0 spiro atoms. The Kier molecular flexibility index (Phi) is 3.30. The van der Waals surface area contributed by atoms with Crippen molar-refractivity contribution in [2.75, 3.05) is 6.61 Å². The minimum Gasteiger partial charge on any atom is -0.386 e. The monoisotopic (exact) mass is 168 g/mol. The number of ether oxygens (including phenoxy) is 2. The van der Waals surface area contributed by atoms with Crippen LogP contribution in [0.4, 0.5) is 0 Å². The van der Waals surface area contributed by atoms with E-state index in [1.807, 2.05) is 0 Å². The quantitative estimate of drug-likeness (QED) is 0.476. The van der Waals surface area contributed by atoms with Crippen LogP contribution in [0.15, 0.2) is 12.2 Å². The molecule has 1 aliphatic rings. The number of aliphatic hydroxyl groups is 1. The predicted molar refractivity (Wildman–Crippen MR) is 44.3 cm³/mol. The minimum atomic E-state index is -0.546. The first-order valence-corrected chi connectivity index (χ1v) is 3.81. The molecule has 0 fully saturated rings. The highest BCUT2D eigenvalue weighted by Gasteiger charge is 2.21. The van der Waals surface area contributed by atoms with Gasteiger partial charge < -0.3 is 14.6 Å². The third-order valence-electron chi connectivity index (χ3n) is 1.63. The Morgan fingerprint density at radius 1 is 1.67 bits per heavy atom. The molecule has 1 rings (SSSR count). The molecule has 0 aliphatic carbocycles. The number of terminal acetylenes is 1. The van der Waals surface area contributed by atoms with Gasteiger partial charge in [0, 0.05) is 0 Å². The molecule has 66 valence electrons. The second-order valence-corrected chi connectivity index (χ2v) is 2.60. The van der Waals surface area contributed by atoms with Crippen molar-refractivity contribution in [2.45, 2.75) is 25.4 Å². The van der Waals surface area contributed by atoms with Crippen LogP contribution in [0.1, 0.15) is 6.92 Å². The summed E-state index contributed by atoms with van der Waals surface area (Å²) in [6.45, 7) is 2.00. The lowest BCUT2D eigenvalue weighted by atomic mass is 10.2. The molecule has 0 radical (unpaired) electrons. The molecule has 1 N–H and O–H groups in total. The van der Waals surface area contributed by atoms with Crippen molar-refractivity contribution in [2.24, 2.45) is 0 Å². The molecule has 0 saturated carbocycles. The molecule has 0 aromatic carbocycles. The highest BCUT2D eigenvalue weighted by Crippen LogP contribution is 2.12. The number of rotatable bonds is 2. The first-order valence-electron chi connectivity index (χ1n) is 3.81. The Morgan fingerprint density at radius 2 is 2.42 bits per heavy atom. The molecule has 0 unspecified atom stereocenters. The average molecular weight is 168 g/mol. The Balaban J connectivity index is 2.40. The zero-order valence-electron chi connectivity index (χ0n) is 6.93. The van der Waals surface area contributed by atoms with Gasteiger partial charge in [0.05, 0.1) is 12.2 Å². The normalized spacial score (nSPS) is 34.6. The van der Waals surface area contributed by atoms with Crippen molar-refractivity contribution in [3.8, 4) is 12.3 Å².